The van der Waals surface area contributed by atoms with Crippen LogP contribution >= 0.6 is 0 Å². The van der Waals surface area contributed by atoms with Crippen LogP contribution in [-0.4, -0.2) is 31.6 Å². The molecule has 1 unspecified atom stereocenters. The summed E-state index contributed by atoms with van der Waals surface area (Å²) in [5, 5.41) is 8.42. The molecule has 0 radical (unpaired) electrons. The number of aliphatic carboxylic acids is 1. The van der Waals surface area contributed by atoms with Crippen molar-refractivity contribution in [1.29, 1.82) is 0 Å². The Morgan fingerprint density at radius 1 is 1.23 bits per heavy atom. The molecule has 0 fully saturated rings. The van der Waals surface area contributed by atoms with Crippen molar-refractivity contribution in [3.8, 4) is 0 Å². The van der Waals surface area contributed by atoms with Gasteiger partial charge in [0, 0.05) is 6.04 Å². The Bertz CT molecular complexity index is 272. The first-order valence-electron chi connectivity index (χ1n) is 3.77. The summed E-state index contributed by atoms with van der Waals surface area (Å²) in [5.74, 6) is -1.21. The van der Waals surface area contributed by atoms with E-state index in [0.29, 0.717) is 0 Å². The minimum absolute atomic E-state index is 0.265. The topological polar surface area (TPSA) is 95.5 Å². The lowest BCUT2D eigenvalue weighted by molar-refractivity contribution is -0.138. The molecule has 0 spiro atoms. The molecular formula is C6H14N2O4S. The zero-order valence-electron chi connectivity index (χ0n) is 7.73. The highest BCUT2D eigenvalue weighted by Crippen LogP contribution is 1.88. The molecule has 0 rings (SSSR count). The third-order valence-electron chi connectivity index (χ3n) is 1.09. The quantitative estimate of drug-likeness (QED) is 0.558. The predicted molar refractivity (Wildman–Crippen MR) is 47.4 cm³/mol. The van der Waals surface area contributed by atoms with Crippen LogP contribution < -0.4 is 9.44 Å². The first-order valence-corrected chi connectivity index (χ1v) is 5.25. The van der Waals surface area contributed by atoms with Crippen LogP contribution in [0.1, 0.15) is 20.8 Å². The largest absolute Gasteiger partial charge is 0.480 e. The Labute approximate surface area is 77.5 Å². The van der Waals surface area contributed by atoms with Gasteiger partial charge >= 0.3 is 5.97 Å². The van der Waals surface area contributed by atoms with Crippen molar-refractivity contribution in [2.75, 3.05) is 0 Å². The fourth-order valence-corrected chi connectivity index (χ4v) is 1.88. The molecular weight excluding hydrogens is 196 g/mol. The third kappa shape index (κ3) is 5.56. The maximum absolute atomic E-state index is 11.1. The summed E-state index contributed by atoms with van der Waals surface area (Å²) in [5.41, 5.74) is 0. The molecule has 7 heteroatoms. The maximum Gasteiger partial charge on any atom is 0.321 e. The Kier molecular flexibility index (Phi) is 4.31. The number of carbonyl (C=O) groups is 1. The number of rotatable bonds is 5. The molecule has 78 valence electrons. The van der Waals surface area contributed by atoms with E-state index in [0.717, 1.165) is 0 Å². The molecule has 0 bridgehead atoms. The van der Waals surface area contributed by atoms with Crippen LogP contribution in [0.15, 0.2) is 0 Å². The van der Waals surface area contributed by atoms with Gasteiger partial charge in [-0.1, -0.05) is 0 Å². The van der Waals surface area contributed by atoms with E-state index >= 15 is 0 Å². The summed E-state index contributed by atoms with van der Waals surface area (Å²) < 4.78 is 26.3. The van der Waals surface area contributed by atoms with Crippen molar-refractivity contribution >= 4 is 16.2 Å². The number of nitrogens with one attached hydrogen (secondary N) is 2. The lowest BCUT2D eigenvalue weighted by Gasteiger charge is -2.12. The Morgan fingerprint density at radius 3 is 2.00 bits per heavy atom. The zero-order chi connectivity index (χ0) is 10.6. The van der Waals surface area contributed by atoms with Gasteiger partial charge in [-0.05, 0) is 20.8 Å². The van der Waals surface area contributed by atoms with Crippen molar-refractivity contribution < 1.29 is 18.3 Å². The van der Waals surface area contributed by atoms with Crippen LogP contribution in [0.4, 0.5) is 0 Å². The molecule has 3 N–H and O–H groups in total. The standard InChI is InChI=1S/C6H14N2O4S/c1-4(2)7-13(11,12)8-5(3)6(9)10/h4-5,7-8H,1-3H3,(H,9,10). The number of hydrogen-bond acceptors (Lipinski definition) is 3. The predicted octanol–water partition coefficient (Wildman–Crippen LogP) is -0.708. The minimum atomic E-state index is -3.71. The summed E-state index contributed by atoms with van der Waals surface area (Å²) in [6.45, 7) is 4.54. The van der Waals surface area contributed by atoms with E-state index < -0.39 is 22.2 Å². The smallest absolute Gasteiger partial charge is 0.321 e. The third-order valence-corrected chi connectivity index (χ3v) is 2.54. The van der Waals surface area contributed by atoms with Gasteiger partial charge in [0.05, 0.1) is 0 Å². The Balaban J connectivity index is 4.27. The number of hydrogen-bond donors (Lipinski definition) is 3. The van der Waals surface area contributed by atoms with Crippen molar-refractivity contribution in [3.05, 3.63) is 0 Å². The lowest BCUT2D eigenvalue weighted by atomic mass is 10.4. The Hall–Kier alpha value is -0.660. The molecule has 0 aromatic carbocycles. The maximum atomic E-state index is 11.1. The zero-order valence-corrected chi connectivity index (χ0v) is 8.55. The van der Waals surface area contributed by atoms with Crippen molar-refractivity contribution in [2.24, 2.45) is 0 Å². The molecule has 1 atom stereocenters. The van der Waals surface area contributed by atoms with Gasteiger partial charge in [-0.15, -0.1) is 0 Å². The van der Waals surface area contributed by atoms with Gasteiger partial charge in [-0.3, -0.25) is 4.79 Å². The van der Waals surface area contributed by atoms with Gasteiger partial charge in [0.15, 0.2) is 0 Å². The van der Waals surface area contributed by atoms with Gasteiger partial charge < -0.3 is 5.11 Å². The summed E-state index contributed by atoms with van der Waals surface area (Å²) in [4.78, 5) is 10.3. The fraction of sp³-hybridized carbons (Fsp3) is 0.833. The summed E-state index contributed by atoms with van der Waals surface area (Å²) in [6, 6.07) is -1.39. The molecule has 0 heterocycles. The summed E-state index contributed by atoms with van der Waals surface area (Å²) in [6.07, 6.45) is 0. The van der Waals surface area contributed by atoms with Gasteiger partial charge in [-0.2, -0.15) is 17.9 Å². The van der Waals surface area contributed by atoms with E-state index in [9.17, 15) is 13.2 Å². The van der Waals surface area contributed by atoms with Crippen LogP contribution in [0, 0.1) is 0 Å². The lowest BCUT2D eigenvalue weighted by Crippen LogP contribution is -2.46. The highest BCUT2D eigenvalue weighted by Gasteiger charge is 2.19. The van der Waals surface area contributed by atoms with Crippen LogP contribution in [0.25, 0.3) is 0 Å². The van der Waals surface area contributed by atoms with E-state index in [2.05, 4.69) is 4.72 Å². The summed E-state index contributed by atoms with van der Waals surface area (Å²) in [7, 11) is -3.71. The van der Waals surface area contributed by atoms with Gasteiger partial charge in [0.25, 0.3) is 10.2 Å². The van der Waals surface area contributed by atoms with Crippen LogP contribution in [0.3, 0.4) is 0 Å². The highest BCUT2D eigenvalue weighted by atomic mass is 32.2. The first kappa shape index (κ1) is 12.3. The second-order valence-corrected chi connectivity index (χ2v) is 4.43. The van der Waals surface area contributed by atoms with E-state index in [-0.39, 0.29) is 6.04 Å². The molecule has 0 amide bonds. The molecule has 6 nitrogen and oxygen atoms in total. The van der Waals surface area contributed by atoms with E-state index in [1.165, 1.54) is 6.92 Å². The first-order chi connectivity index (χ1) is 5.74. The molecule has 0 aromatic rings. The second kappa shape index (κ2) is 4.54. The average molecular weight is 210 g/mol. The Morgan fingerprint density at radius 2 is 1.69 bits per heavy atom. The van der Waals surface area contributed by atoms with Gasteiger partial charge in [0.1, 0.15) is 6.04 Å². The molecule has 0 aliphatic heterocycles. The second-order valence-electron chi connectivity index (χ2n) is 2.95. The number of carboxylic acid groups (broad SMARTS) is 1. The monoisotopic (exact) mass is 210 g/mol. The molecule has 0 saturated heterocycles. The fourth-order valence-electron chi connectivity index (χ4n) is 0.627. The molecule has 13 heavy (non-hydrogen) atoms. The minimum Gasteiger partial charge on any atom is -0.480 e. The van der Waals surface area contributed by atoms with Crippen molar-refractivity contribution in [1.82, 2.24) is 9.44 Å². The highest BCUT2D eigenvalue weighted by molar-refractivity contribution is 7.87. The average Bonchev–Trinajstić information content (AvgIpc) is 1.81. The number of carboxylic acids is 1. The van der Waals surface area contributed by atoms with E-state index in [1.54, 1.807) is 13.8 Å². The molecule has 0 aliphatic carbocycles. The van der Waals surface area contributed by atoms with Crippen LogP contribution in [-0.2, 0) is 15.0 Å². The van der Waals surface area contributed by atoms with Crippen molar-refractivity contribution in [2.45, 2.75) is 32.9 Å². The van der Waals surface area contributed by atoms with E-state index in [4.69, 9.17) is 5.11 Å². The van der Waals surface area contributed by atoms with Gasteiger partial charge in [-0.25, -0.2) is 0 Å². The summed E-state index contributed by atoms with van der Waals surface area (Å²) >= 11 is 0. The normalized spacial score (nSPS) is 14.5. The van der Waals surface area contributed by atoms with Crippen LogP contribution in [0.5, 0.6) is 0 Å². The molecule has 0 saturated carbocycles. The van der Waals surface area contributed by atoms with Crippen molar-refractivity contribution in [3.63, 3.8) is 0 Å². The van der Waals surface area contributed by atoms with Gasteiger partial charge in [0.2, 0.25) is 0 Å². The van der Waals surface area contributed by atoms with E-state index in [1.807, 2.05) is 4.72 Å². The molecule has 0 aliphatic rings. The van der Waals surface area contributed by atoms with Crippen LogP contribution in [0.2, 0.25) is 0 Å². The SMILES string of the molecule is CC(C)NS(=O)(=O)NC(C)C(=O)O. The molecule has 0 aromatic heterocycles.